The van der Waals surface area contributed by atoms with Crippen LogP contribution in [0, 0.1) is 0 Å². The molecule has 3 heterocycles. The van der Waals surface area contributed by atoms with E-state index in [1.54, 1.807) is 0 Å². The van der Waals surface area contributed by atoms with Gasteiger partial charge in [0, 0.05) is 19.6 Å². The van der Waals surface area contributed by atoms with Crippen LogP contribution in [0.1, 0.15) is 43.6 Å². The molecule has 6 heteroatoms. The largest absolute Gasteiger partial charge is 0.310 e. The van der Waals surface area contributed by atoms with Gasteiger partial charge in [-0.1, -0.05) is 6.92 Å². The van der Waals surface area contributed by atoms with Gasteiger partial charge in [-0.2, -0.15) is 5.10 Å². The minimum absolute atomic E-state index is 0.0891. The molecule has 2 atom stereocenters. The van der Waals surface area contributed by atoms with E-state index in [0.29, 0.717) is 6.04 Å². The highest BCUT2D eigenvalue weighted by atomic mass is 35.5. The summed E-state index contributed by atoms with van der Waals surface area (Å²) in [6.07, 6.45) is 3.41. The molecule has 0 aromatic carbocycles. The third-order valence-electron chi connectivity index (χ3n) is 4.58. The van der Waals surface area contributed by atoms with Crippen LogP contribution in [0.3, 0.4) is 0 Å². The van der Waals surface area contributed by atoms with Crippen molar-refractivity contribution in [3.05, 3.63) is 11.5 Å². The summed E-state index contributed by atoms with van der Waals surface area (Å²) < 4.78 is 4.24. The Morgan fingerprint density at radius 1 is 1.38 bits per heavy atom. The molecule has 5 nitrogen and oxygen atoms in total. The smallest absolute Gasteiger partial charge is 0.158 e. The van der Waals surface area contributed by atoms with Gasteiger partial charge in [0.2, 0.25) is 0 Å². The van der Waals surface area contributed by atoms with Crippen LogP contribution in [-0.4, -0.2) is 43.9 Å². The standard InChI is InChI=1S/C15H24ClN5/c1-5-12-13-15(20(4)18-12)21(14(17-13)10(2)16)9-11-7-6-8-19(11)3/h10-11H,5-9H2,1-4H3. The van der Waals surface area contributed by atoms with E-state index in [1.165, 1.54) is 19.4 Å². The van der Waals surface area contributed by atoms with Crippen molar-refractivity contribution in [1.82, 2.24) is 24.2 Å². The van der Waals surface area contributed by atoms with Crippen molar-refractivity contribution < 1.29 is 0 Å². The lowest BCUT2D eigenvalue weighted by Gasteiger charge is -2.21. The Hall–Kier alpha value is -1.07. The number of hydrogen-bond acceptors (Lipinski definition) is 3. The Labute approximate surface area is 130 Å². The van der Waals surface area contributed by atoms with Crippen molar-refractivity contribution in [3.8, 4) is 0 Å². The average Bonchev–Trinajstić information content (AvgIpc) is 3.08. The highest BCUT2D eigenvalue weighted by Crippen LogP contribution is 2.28. The van der Waals surface area contributed by atoms with Crippen LogP contribution in [0.5, 0.6) is 0 Å². The Morgan fingerprint density at radius 2 is 2.14 bits per heavy atom. The van der Waals surface area contributed by atoms with Crippen LogP contribution in [0.2, 0.25) is 0 Å². The second-order valence-corrected chi connectivity index (χ2v) is 6.72. The number of nitrogens with zero attached hydrogens (tertiary/aromatic N) is 5. The first kappa shape index (κ1) is 14.9. The Bertz CT molecular complexity index is 642. The van der Waals surface area contributed by atoms with Crippen LogP contribution in [-0.2, 0) is 20.0 Å². The van der Waals surface area contributed by atoms with E-state index in [0.717, 1.165) is 35.6 Å². The van der Waals surface area contributed by atoms with E-state index >= 15 is 0 Å². The third-order valence-corrected chi connectivity index (χ3v) is 4.77. The minimum atomic E-state index is -0.0891. The van der Waals surface area contributed by atoms with Crippen LogP contribution < -0.4 is 0 Å². The van der Waals surface area contributed by atoms with Gasteiger partial charge in [-0.05, 0) is 39.8 Å². The Balaban J connectivity index is 2.09. The summed E-state index contributed by atoms with van der Waals surface area (Å²) in [6.45, 7) is 6.24. The molecule has 0 aliphatic carbocycles. The van der Waals surface area contributed by atoms with Crippen LogP contribution >= 0.6 is 11.6 Å². The lowest BCUT2D eigenvalue weighted by atomic mass is 10.2. The summed E-state index contributed by atoms with van der Waals surface area (Å²) >= 11 is 6.38. The molecule has 2 aromatic heterocycles. The van der Waals surface area contributed by atoms with E-state index in [2.05, 4.69) is 28.5 Å². The number of likely N-dealkylation sites (tertiary alicyclic amines) is 1. The molecule has 0 N–H and O–H groups in total. The van der Waals surface area contributed by atoms with Crippen LogP contribution in [0.15, 0.2) is 0 Å². The predicted molar refractivity (Wildman–Crippen MR) is 85.8 cm³/mol. The first-order chi connectivity index (χ1) is 10.0. The number of aryl methyl sites for hydroxylation is 2. The molecule has 0 amide bonds. The maximum absolute atomic E-state index is 6.38. The normalized spacial score (nSPS) is 21.5. The monoisotopic (exact) mass is 309 g/mol. The fraction of sp³-hybridized carbons (Fsp3) is 0.733. The van der Waals surface area contributed by atoms with Gasteiger partial charge in [0.05, 0.1) is 11.1 Å². The molecule has 116 valence electrons. The van der Waals surface area contributed by atoms with E-state index in [4.69, 9.17) is 16.6 Å². The molecule has 2 aromatic rings. The number of rotatable bonds is 4. The second-order valence-electron chi connectivity index (χ2n) is 6.07. The van der Waals surface area contributed by atoms with Gasteiger partial charge in [-0.15, -0.1) is 11.6 Å². The van der Waals surface area contributed by atoms with Gasteiger partial charge in [0.15, 0.2) is 5.65 Å². The molecule has 3 rings (SSSR count). The molecule has 1 aliphatic rings. The highest BCUT2D eigenvalue weighted by molar-refractivity contribution is 6.20. The molecule has 1 fully saturated rings. The first-order valence-electron chi connectivity index (χ1n) is 7.79. The average molecular weight is 310 g/mol. The number of imidazole rings is 1. The zero-order chi connectivity index (χ0) is 15.1. The van der Waals surface area contributed by atoms with Crippen molar-refractivity contribution in [2.75, 3.05) is 13.6 Å². The van der Waals surface area contributed by atoms with Crippen LogP contribution in [0.4, 0.5) is 0 Å². The minimum Gasteiger partial charge on any atom is -0.310 e. The third kappa shape index (κ3) is 2.46. The van der Waals surface area contributed by atoms with Crippen molar-refractivity contribution in [2.45, 2.75) is 51.1 Å². The summed E-state index contributed by atoms with van der Waals surface area (Å²) in [5, 5.41) is 4.51. The Morgan fingerprint density at radius 3 is 2.71 bits per heavy atom. The van der Waals surface area contributed by atoms with Crippen molar-refractivity contribution in [1.29, 1.82) is 0 Å². The summed E-state index contributed by atoms with van der Waals surface area (Å²) in [6, 6.07) is 0.566. The maximum atomic E-state index is 6.38. The predicted octanol–water partition coefficient (Wildman–Crippen LogP) is 2.73. The van der Waals surface area contributed by atoms with Crippen molar-refractivity contribution >= 4 is 22.8 Å². The Kier molecular flexibility index (Phi) is 3.97. The number of hydrogen-bond donors (Lipinski definition) is 0. The zero-order valence-corrected chi connectivity index (χ0v) is 14.1. The van der Waals surface area contributed by atoms with E-state index in [9.17, 15) is 0 Å². The molecule has 0 spiro atoms. The molecule has 21 heavy (non-hydrogen) atoms. The lowest BCUT2D eigenvalue weighted by molar-refractivity contribution is 0.281. The van der Waals surface area contributed by atoms with Gasteiger partial charge in [0.25, 0.3) is 0 Å². The fourth-order valence-corrected chi connectivity index (χ4v) is 3.57. The van der Waals surface area contributed by atoms with Gasteiger partial charge in [0.1, 0.15) is 11.3 Å². The molecule has 1 aliphatic heterocycles. The summed E-state index contributed by atoms with van der Waals surface area (Å²) in [7, 11) is 4.21. The van der Waals surface area contributed by atoms with Crippen molar-refractivity contribution in [2.24, 2.45) is 7.05 Å². The number of alkyl halides is 1. The van der Waals surface area contributed by atoms with E-state index in [1.807, 2.05) is 18.7 Å². The van der Waals surface area contributed by atoms with Gasteiger partial charge >= 0.3 is 0 Å². The van der Waals surface area contributed by atoms with Gasteiger partial charge < -0.3 is 9.47 Å². The SMILES string of the molecule is CCc1nn(C)c2c1nc(C(C)Cl)n2CC1CCCN1C. The molecule has 0 bridgehead atoms. The molecule has 0 saturated carbocycles. The molecule has 0 radical (unpaired) electrons. The second kappa shape index (κ2) is 5.61. The van der Waals surface area contributed by atoms with Crippen molar-refractivity contribution in [3.63, 3.8) is 0 Å². The molecule has 2 unspecified atom stereocenters. The summed E-state index contributed by atoms with van der Waals surface area (Å²) in [5.41, 5.74) is 3.18. The number of fused-ring (bicyclic) bond motifs is 1. The van der Waals surface area contributed by atoms with E-state index < -0.39 is 0 Å². The quantitative estimate of drug-likeness (QED) is 0.815. The first-order valence-corrected chi connectivity index (χ1v) is 8.22. The maximum Gasteiger partial charge on any atom is 0.158 e. The fourth-order valence-electron chi connectivity index (χ4n) is 3.40. The van der Waals surface area contributed by atoms with Crippen LogP contribution in [0.25, 0.3) is 11.2 Å². The zero-order valence-electron chi connectivity index (χ0n) is 13.3. The molecular weight excluding hydrogens is 286 g/mol. The summed E-state index contributed by atoms with van der Waals surface area (Å²) in [4.78, 5) is 7.24. The number of aromatic nitrogens is 4. The van der Waals surface area contributed by atoms with Gasteiger partial charge in [-0.3, -0.25) is 4.68 Å². The number of likely N-dealkylation sites (N-methyl/N-ethyl adjacent to an activating group) is 1. The topological polar surface area (TPSA) is 38.9 Å². The van der Waals surface area contributed by atoms with E-state index in [-0.39, 0.29) is 5.38 Å². The number of halogens is 1. The summed E-state index contributed by atoms with van der Waals surface area (Å²) in [5.74, 6) is 0.967. The van der Waals surface area contributed by atoms with Gasteiger partial charge in [-0.25, -0.2) is 4.98 Å². The molecular formula is C15H24ClN5. The lowest BCUT2D eigenvalue weighted by Crippen LogP contribution is -2.30. The highest BCUT2D eigenvalue weighted by Gasteiger charge is 2.26. The molecule has 1 saturated heterocycles.